The molecule has 2 aliphatic carbocycles. The third-order valence-corrected chi connectivity index (χ3v) is 13.6. The summed E-state index contributed by atoms with van der Waals surface area (Å²) in [5.74, 6) is -1.80. The van der Waals surface area contributed by atoms with Crippen LogP contribution in [0.1, 0.15) is 31.8 Å². The van der Waals surface area contributed by atoms with Gasteiger partial charge in [0.05, 0.1) is 48.0 Å². The van der Waals surface area contributed by atoms with Gasteiger partial charge in [-0.2, -0.15) is 15.3 Å². The molecule has 0 fully saturated rings. The van der Waals surface area contributed by atoms with Crippen molar-refractivity contribution >= 4 is 132 Å². The van der Waals surface area contributed by atoms with Crippen LogP contribution in [0.4, 0.5) is 45.5 Å². The summed E-state index contributed by atoms with van der Waals surface area (Å²) in [7, 11) is -20.7. The minimum absolute atomic E-state index is 0. The van der Waals surface area contributed by atoms with Crippen molar-refractivity contribution in [1.29, 1.82) is 0 Å². The molecule has 6 aromatic carbocycles. The number of rotatable bonds is 12. The zero-order valence-corrected chi connectivity index (χ0v) is 49.6. The molecule has 6 aromatic rings. The van der Waals surface area contributed by atoms with Crippen molar-refractivity contribution in [3.63, 3.8) is 0 Å². The molecule has 0 aromatic heterocycles. The summed E-state index contributed by atoms with van der Waals surface area (Å²) in [5, 5.41) is 18.7. The Balaban J connectivity index is 0.00000289. The van der Waals surface area contributed by atoms with Gasteiger partial charge >= 0.3 is 118 Å². The molecule has 2 aliphatic rings. The molecular weight excluding hydrogens is 1070 g/mol. The fraction of sp³-hybridized carbons (Fsp3) is 0. The Morgan fingerprint density at radius 3 is 1.48 bits per heavy atom. The number of hydrogen-bond acceptors (Lipinski definition) is 23. The number of hydrazone groups is 2. The van der Waals surface area contributed by atoms with Crippen LogP contribution < -0.4 is 146 Å². The van der Waals surface area contributed by atoms with E-state index in [0.717, 1.165) is 30.4 Å². The number of nitrogens with zero attached hydrogens (tertiary/aromatic N) is 4. The summed E-state index contributed by atoms with van der Waals surface area (Å²) in [6.45, 7) is 0. The van der Waals surface area contributed by atoms with Gasteiger partial charge in [-0.3, -0.25) is 20.4 Å². The largest absolute Gasteiger partial charge is 1.00 e. The maximum atomic E-state index is 13.4. The van der Waals surface area contributed by atoms with E-state index in [0.29, 0.717) is 0 Å². The quantitative estimate of drug-likeness (QED) is 0.0250. The van der Waals surface area contributed by atoms with Gasteiger partial charge in [-0.1, -0.05) is 6.07 Å². The van der Waals surface area contributed by atoms with Crippen LogP contribution in [0.15, 0.2) is 149 Å². The number of Topliss-reactive ketones (excluding diaryl/α,β-unsaturated/α-hetero) is 2. The van der Waals surface area contributed by atoms with Gasteiger partial charge in [0.15, 0.2) is 0 Å². The Labute approximate surface area is 504 Å². The zero-order valence-electron chi connectivity index (χ0n) is 38.3. The van der Waals surface area contributed by atoms with Crippen LogP contribution in [0.3, 0.4) is 0 Å². The summed E-state index contributed by atoms with van der Waals surface area (Å²) in [6, 6.07) is 22.6. The van der Waals surface area contributed by atoms with Gasteiger partial charge in [0.2, 0.25) is 11.6 Å². The molecule has 0 spiro atoms. The SMILES string of the molecule is Nc1ccc2c(c1)C=C(S(=O)(=O)[O-])/C(=N/Nc1ccc(Nc3ccc(N=Nc4ccc(N/N=C5\C(=O)c6ccc(N)cc6C=C5S(=O)(=O)[O-])c5ccc(S(=O)(=O)[O-])cc45)cc3S(=O)(=O)[O-])cc1)C2=O.[Na+].[Na+].[Na+].[Na+]. The van der Waals surface area contributed by atoms with Crippen molar-refractivity contribution in [1.82, 2.24) is 0 Å². The van der Waals surface area contributed by atoms with Crippen molar-refractivity contribution in [2.24, 2.45) is 20.4 Å². The van der Waals surface area contributed by atoms with E-state index in [2.05, 4.69) is 36.6 Å². The summed E-state index contributed by atoms with van der Waals surface area (Å²) < 4.78 is 146. The average molecular weight is 1100 g/mol. The minimum Gasteiger partial charge on any atom is -0.744 e. The molecule has 0 aliphatic heterocycles. The Kier molecular flexibility index (Phi) is 20.1. The number of fused-ring (bicyclic) bond motifs is 3. The predicted molar refractivity (Wildman–Crippen MR) is 248 cm³/mol. The van der Waals surface area contributed by atoms with Crippen molar-refractivity contribution < 1.29 is 180 Å². The Morgan fingerprint density at radius 1 is 0.466 bits per heavy atom. The van der Waals surface area contributed by atoms with Crippen LogP contribution in [0.25, 0.3) is 22.9 Å². The van der Waals surface area contributed by atoms with Gasteiger partial charge in [0.25, 0.3) is 0 Å². The molecule has 0 bridgehead atoms. The van der Waals surface area contributed by atoms with Crippen molar-refractivity contribution in [3.8, 4) is 0 Å². The van der Waals surface area contributed by atoms with Gasteiger partial charge in [-0.05, 0) is 126 Å². The van der Waals surface area contributed by atoms with E-state index >= 15 is 0 Å². The van der Waals surface area contributed by atoms with E-state index < -0.39 is 83.1 Å². The summed E-state index contributed by atoms with van der Waals surface area (Å²) in [5.41, 5.74) is 15.6. The first-order valence-corrected chi connectivity index (χ1v) is 24.8. The second kappa shape index (κ2) is 23.9. The maximum absolute atomic E-state index is 13.4. The number of ketones is 2. The molecule has 23 nitrogen and oxygen atoms in total. The second-order valence-corrected chi connectivity index (χ2v) is 20.2. The van der Waals surface area contributed by atoms with Crippen LogP contribution in [-0.2, 0) is 40.5 Å². The Hall–Kier alpha value is -4.02. The molecule has 7 N–H and O–H groups in total. The first-order valence-electron chi connectivity index (χ1n) is 19.2. The van der Waals surface area contributed by atoms with E-state index in [-0.39, 0.29) is 197 Å². The molecule has 0 unspecified atom stereocenters. The molecule has 0 saturated carbocycles. The average Bonchev–Trinajstić information content (AvgIpc) is 3.27. The number of carbonyl (C=O) groups excluding carboxylic acids is 2. The summed E-state index contributed by atoms with van der Waals surface area (Å²) in [6.07, 6.45) is 1.92. The normalized spacial score (nSPS) is 14.6. The van der Waals surface area contributed by atoms with Gasteiger partial charge in [0, 0.05) is 39.0 Å². The molecule has 73 heavy (non-hydrogen) atoms. The summed E-state index contributed by atoms with van der Waals surface area (Å²) in [4.78, 5) is 23.2. The smallest absolute Gasteiger partial charge is 0.744 e. The molecule has 352 valence electrons. The van der Waals surface area contributed by atoms with Crippen LogP contribution in [0.5, 0.6) is 0 Å². The third-order valence-electron chi connectivity index (χ3n) is 10.2. The summed E-state index contributed by atoms with van der Waals surface area (Å²) >= 11 is 0. The van der Waals surface area contributed by atoms with Crippen LogP contribution in [0, 0.1) is 0 Å². The number of nitrogens with two attached hydrogens (primary N) is 2. The Bertz CT molecular complexity index is 3900. The number of hydrogen-bond donors (Lipinski definition) is 5. The van der Waals surface area contributed by atoms with Gasteiger partial charge < -0.3 is 35.0 Å². The molecule has 0 saturated heterocycles. The van der Waals surface area contributed by atoms with E-state index in [1.54, 1.807) is 0 Å². The predicted octanol–water partition coefficient (Wildman–Crippen LogP) is -6.91. The zero-order chi connectivity index (χ0) is 49.8. The van der Waals surface area contributed by atoms with Crippen molar-refractivity contribution in [2.75, 3.05) is 27.6 Å². The number of allylic oxidation sites excluding steroid dienone is 2. The number of carbonyl (C=O) groups is 2. The van der Waals surface area contributed by atoms with E-state index in [1.807, 2.05) is 0 Å². The monoisotopic (exact) mass is 1100 g/mol. The van der Waals surface area contributed by atoms with Crippen LogP contribution in [0.2, 0.25) is 0 Å². The van der Waals surface area contributed by atoms with E-state index in [9.17, 15) is 61.5 Å². The van der Waals surface area contributed by atoms with E-state index in [1.165, 1.54) is 91.0 Å². The van der Waals surface area contributed by atoms with Crippen LogP contribution >= 0.6 is 0 Å². The number of nitrogen functional groups attached to an aromatic ring is 2. The van der Waals surface area contributed by atoms with Crippen LogP contribution in [-0.4, -0.2) is 74.9 Å². The standard InChI is InChI=1S/C42H31N9O14S4.4Na/c43-23-1-9-29-21(15-23)17-37(68(60,61)62)39(41(29)52)50-46-26-5-3-25(4-6-26)45-35-12-7-27(19-36(35)67(57,58)59)47-48-34-14-13-33(31-11-8-28(20-32(31)34)66(54,55)56)49-51-40-38(69(63,64)65)18-22-16-24(44)2-10-30(22)42(40)53;;;;/h1-20,45-46,49H,43-44H2,(H,54,55,56)(H,57,58,59)(H,60,61,62)(H,63,64,65);;;;/q;4*+1/p-4/b48-47?,50-39-,51-40-;;;;. The minimum atomic E-state index is -5.28. The molecule has 31 heteroatoms. The Morgan fingerprint density at radius 2 is 0.973 bits per heavy atom. The van der Waals surface area contributed by atoms with Gasteiger partial charge in [-0.25, -0.2) is 33.7 Å². The van der Waals surface area contributed by atoms with Gasteiger partial charge in [0.1, 0.15) is 51.9 Å². The molecule has 0 heterocycles. The number of anilines is 6. The molecule has 0 amide bonds. The number of azo groups is 1. The topological polar surface area (TPSA) is 401 Å². The maximum Gasteiger partial charge on any atom is 1.00 e. The molecule has 8 rings (SSSR count). The molecular formula is C42H27N9Na4O14S4. The first-order chi connectivity index (χ1) is 32.3. The van der Waals surface area contributed by atoms with Crippen molar-refractivity contribution in [3.05, 3.63) is 141 Å². The fourth-order valence-electron chi connectivity index (χ4n) is 6.97. The molecule has 0 radical (unpaired) electrons. The number of benzene rings is 6. The van der Waals surface area contributed by atoms with Crippen molar-refractivity contribution in [2.45, 2.75) is 9.79 Å². The molecule has 0 atom stereocenters. The third kappa shape index (κ3) is 13.9. The van der Waals surface area contributed by atoms with E-state index in [4.69, 9.17) is 11.5 Å². The van der Waals surface area contributed by atoms with Gasteiger partial charge in [-0.15, -0.1) is 5.11 Å². The first kappa shape index (κ1) is 61.5. The number of nitrogens with one attached hydrogen (secondary N) is 3. The second-order valence-electron chi connectivity index (χ2n) is 14.8. The fourth-order valence-corrected chi connectivity index (χ4v) is 9.42.